The second-order valence-corrected chi connectivity index (χ2v) is 7.13. The van der Waals surface area contributed by atoms with Gasteiger partial charge < -0.3 is 0 Å². The van der Waals surface area contributed by atoms with Crippen molar-refractivity contribution in [1.82, 2.24) is 4.90 Å². The van der Waals surface area contributed by atoms with Crippen LogP contribution in [0, 0.1) is 0 Å². The Bertz CT molecular complexity index is 848. The molecule has 1 fully saturated rings. The highest BCUT2D eigenvalue weighted by molar-refractivity contribution is 9.10. The number of halogens is 3. The van der Waals surface area contributed by atoms with Crippen LogP contribution in [0.5, 0.6) is 0 Å². The van der Waals surface area contributed by atoms with Gasteiger partial charge in [-0.15, -0.1) is 0 Å². The van der Waals surface area contributed by atoms with Gasteiger partial charge in [0.05, 0.1) is 16.5 Å². The van der Waals surface area contributed by atoms with Crippen molar-refractivity contribution >= 4 is 27.7 Å². The SMILES string of the molecule is O=C1c2ccccc2C(=O)N1CC1(c2cccc(Br)c2)CC1(F)F. The fourth-order valence-electron chi connectivity index (χ4n) is 3.35. The second-order valence-electron chi connectivity index (χ2n) is 6.22. The monoisotopic (exact) mass is 391 g/mol. The number of hydrogen-bond donors (Lipinski definition) is 0. The summed E-state index contributed by atoms with van der Waals surface area (Å²) in [4.78, 5) is 25.9. The summed E-state index contributed by atoms with van der Waals surface area (Å²) in [7, 11) is 0. The summed E-state index contributed by atoms with van der Waals surface area (Å²) in [6.07, 6.45) is -0.371. The number of rotatable bonds is 3. The van der Waals surface area contributed by atoms with E-state index in [1.165, 1.54) is 0 Å². The minimum absolute atomic E-state index is 0.274. The quantitative estimate of drug-likeness (QED) is 0.740. The molecule has 0 bridgehead atoms. The number of carbonyl (C=O) groups excluding carboxylic acids is 2. The predicted octanol–water partition coefficient (Wildman–Crippen LogP) is 4.02. The molecular weight excluding hydrogens is 380 g/mol. The number of imide groups is 1. The average Bonchev–Trinajstić information content (AvgIpc) is 3.05. The lowest BCUT2D eigenvalue weighted by Gasteiger charge is -2.23. The van der Waals surface area contributed by atoms with Crippen LogP contribution in [0.1, 0.15) is 32.7 Å². The molecule has 1 saturated carbocycles. The third kappa shape index (κ3) is 2.05. The van der Waals surface area contributed by atoms with Crippen LogP contribution in [0.3, 0.4) is 0 Å². The first-order valence-corrected chi connectivity index (χ1v) is 8.24. The summed E-state index contributed by atoms with van der Waals surface area (Å²) < 4.78 is 29.2. The van der Waals surface area contributed by atoms with Crippen LogP contribution in [-0.4, -0.2) is 29.2 Å². The molecule has 6 heteroatoms. The van der Waals surface area contributed by atoms with E-state index in [0.717, 1.165) is 4.90 Å². The van der Waals surface area contributed by atoms with Gasteiger partial charge in [0.25, 0.3) is 17.7 Å². The minimum Gasteiger partial charge on any atom is -0.273 e. The topological polar surface area (TPSA) is 37.4 Å². The highest BCUT2D eigenvalue weighted by atomic mass is 79.9. The summed E-state index contributed by atoms with van der Waals surface area (Å²) in [5, 5.41) is 0. The largest absolute Gasteiger partial charge is 0.273 e. The zero-order valence-corrected chi connectivity index (χ0v) is 14.0. The molecule has 2 amide bonds. The zero-order valence-electron chi connectivity index (χ0n) is 12.4. The summed E-state index contributed by atoms with van der Waals surface area (Å²) in [5.41, 5.74) is -0.533. The van der Waals surface area contributed by atoms with Gasteiger partial charge in [0.1, 0.15) is 0 Å². The minimum atomic E-state index is -2.94. The van der Waals surface area contributed by atoms with Crippen LogP contribution in [0.25, 0.3) is 0 Å². The maximum Gasteiger partial charge on any atom is 0.261 e. The van der Waals surface area contributed by atoms with Crippen molar-refractivity contribution < 1.29 is 18.4 Å². The van der Waals surface area contributed by atoms with Crippen LogP contribution in [0.4, 0.5) is 8.78 Å². The molecule has 0 saturated heterocycles. The van der Waals surface area contributed by atoms with Crippen LogP contribution >= 0.6 is 15.9 Å². The average molecular weight is 392 g/mol. The molecule has 2 aromatic carbocycles. The van der Waals surface area contributed by atoms with Gasteiger partial charge in [0.15, 0.2) is 0 Å². The first kappa shape index (κ1) is 15.4. The Labute approximate surface area is 145 Å². The molecule has 0 radical (unpaired) electrons. The molecule has 1 aliphatic heterocycles. The molecular formula is C18H12BrF2NO2. The molecule has 1 aliphatic carbocycles. The van der Waals surface area contributed by atoms with Crippen molar-refractivity contribution in [3.05, 3.63) is 69.7 Å². The highest BCUT2D eigenvalue weighted by Gasteiger charge is 2.73. The molecule has 4 rings (SSSR count). The van der Waals surface area contributed by atoms with E-state index in [4.69, 9.17) is 0 Å². The van der Waals surface area contributed by atoms with Crippen molar-refractivity contribution in [3.8, 4) is 0 Å². The first-order chi connectivity index (χ1) is 11.4. The number of alkyl halides is 2. The molecule has 1 unspecified atom stereocenters. The van der Waals surface area contributed by atoms with E-state index in [1.807, 2.05) is 0 Å². The maximum absolute atomic E-state index is 14.2. The third-order valence-electron chi connectivity index (χ3n) is 4.78. The van der Waals surface area contributed by atoms with Gasteiger partial charge in [-0.25, -0.2) is 8.78 Å². The molecule has 24 heavy (non-hydrogen) atoms. The Morgan fingerprint density at radius 1 is 1.00 bits per heavy atom. The molecule has 122 valence electrons. The number of carbonyl (C=O) groups is 2. The lowest BCUT2D eigenvalue weighted by molar-refractivity contribution is 0.0539. The van der Waals surface area contributed by atoms with Gasteiger partial charge in [-0.1, -0.05) is 40.2 Å². The van der Waals surface area contributed by atoms with Gasteiger partial charge in [0, 0.05) is 17.4 Å². The van der Waals surface area contributed by atoms with E-state index in [2.05, 4.69) is 15.9 Å². The summed E-state index contributed by atoms with van der Waals surface area (Å²) >= 11 is 3.29. The number of benzene rings is 2. The third-order valence-corrected chi connectivity index (χ3v) is 5.28. The molecule has 2 aliphatic rings. The second kappa shape index (κ2) is 4.96. The van der Waals surface area contributed by atoms with E-state index in [9.17, 15) is 18.4 Å². The van der Waals surface area contributed by atoms with E-state index < -0.39 is 23.2 Å². The molecule has 1 heterocycles. The molecule has 3 nitrogen and oxygen atoms in total. The number of nitrogens with zero attached hydrogens (tertiary/aromatic N) is 1. The number of amides is 2. The van der Waals surface area contributed by atoms with Crippen LogP contribution < -0.4 is 0 Å². The normalized spacial score (nSPS) is 24.2. The standard InChI is InChI=1S/C18H12BrF2NO2/c19-12-5-3-4-11(8-12)17(9-18(17,20)21)10-22-15(23)13-6-1-2-7-14(13)16(22)24/h1-8H,9-10H2. The fraction of sp³-hybridized carbons (Fsp3) is 0.222. The lowest BCUT2D eigenvalue weighted by Crippen LogP contribution is -2.39. The Morgan fingerprint density at radius 3 is 2.08 bits per heavy atom. The van der Waals surface area contributed by atoms with Crippen LogP contribution in [-0.2, 0) is 5.41 Å². The fourth-order valence-corrected chi connectivity index (χ4v) is 3.75. The smallest absolute Gasteiger partial charge is 0.261 e. The van der Waals surface area contributed by atoms with Gasteiger partial charge in [0.2, 0.25) is 0 Å². The Hall–Kier alpha value is -2.08. The van der Waals surface area contributed by atoms with Crippen molar-refractivity contribution in [2.75, 3.05) is 6.54 Å². The van der Waals surface area contributed by atoms with Gasteiger partial charge in [-0.2, -0.15) is 0 Å². The summed E-state index contributed by atoms with van der Waals surface area (Å²) in [6.45, 7) is -0.317. The predicted molar refractivity (Wildman–Crippen MR) is 87.2 cm³/mol. The zero-order chi connectivity index (χ0) is 17.1. The van der Waals surface area contributed by atoms with Gasteiger partial charge in [-0.3, -0.25) is 14.5 Å². The Morgan fingerprint density at radius 2 is 1.58 bits per heavy atom. The van der Waals surface area contributed by atoms with E-state index in [0.29, 0.717) is 10.0 Å². The van der Waals surface area contributed by atoms with Crippen molar-refractivity contribution in [3.63, 3.8) is 0 Å². The Balaban J connectivity index is 1.72. The molecule has 0 N–H and O–H groups in total. The summed E-state index contributed by atoms with van der Waals surface area (Å²) in [5.74, 6) is -3.95. The number of hydrogen-bond acceptors (Lipinski definition) is 2. The molecule has 0 spiro atoms. The van der Waals surface area contributed by atoms with Crippen molar-refractivity contribution in [2.45, 2.75) is 17.8 Å². The van der Waals surface area contributed by atoms with E-state index >= 15 is 0 Å². The molecule has 2 aromatic rings. The van der Waals surface area contributed by atoms with Crippen LogP contribution in [0.2, 0.25) is 0 Å². The molecule has 0 aromatic heterocycles. The van der Waals surface area contributed by atoms with Crippen LogP contribution in [0.15, 0.2) is 53.0 Å². The maximum atomic E-state index is 14.2. The van der Waals surface area contributed by atoms with E-state index in [-0.39, 0.29) is 24.1 Å². The van der Waals surface area contributed by atoms with Gasteiger partial charge in [-0.05, 0) is 29.8 Å². The van der Waals surface area contributed by atoms with Crippen molar-refractivity contribution in [2.24, 2.45) is 0 Å². The summed E-state index contributed by atoms with van der Waals surface area (Å²) in [6, 6.07) is 13.1. The van der Waals surface area contributed by atoms with Crippen molar-refractivity contribution in [1.29, 1.82) is 0 Å². The van der Waals surface area contributed by atoms with Gasteiger partial charge >= 0.3 is 0 Å². The van der Waals surface area contributed by atoms with E-state index in [1.54, 1.807) is 48.5 Å². The lowest BCUT2D eigenvalue weighted by atomic mass is 9.94. The number of fused-ring (bicyclic) bond motifs is 1. The Kier molecular flexibility index (Phi) is 3.19. The highest BCUT2D eigenvalue weighted by Crippen LogP contribution is 2.62. The molecule has 1 atom stereocenters. The first-order valence-electron chi connectivity index (χ1n) is 7.45.